The van der Waals surface area contributed by atoms with Gasteiger partial charge in [-0.05, 0) is 33.1 Å². The van der Waals surface area contributed by atoms with Gasteiger partial charge >= 0.3 is 14.8 Å². The van der Waals surface area contributed by atoms with Crippen LogP contribution < -0.4 is 0 Å². The molecule has 0 amide bonds. The Morgan fingerprint density at radius 2 is 1.71 bits per heavy atom. The molecule has 1 atom stereocenters. The quantitative estimate of drug-likeness (QED) is 0.265. The molecule has 5 nitrogen and oxygen atoms in total. The highest BCUT2D eigenvalue weighted by atomic mass is 35.5. The highest BCUT2D eigenvalue weighted by Crippen LogP contribution is 2.35. The van der Waals surface area contributed by atoms with Crippen molar-refractivity contribution >= 4 is 26.4 Å². The summed E-state index contributed by atoms with van der Waals surface area (Å²) in [6.45, 7) is 9.27. The van der Waals surface area contributed by atoms with Crippen molar-refractivity contribution in [2.24, 2.45) is 5.92 Å². The average Bonchev–Trinajstić information content (AvgIpc) is 2.41. The minimum absolute atomic E-state index is 0.0172. The summed E-state index contributed by atoms with van der Waals surface area (Å²) in [6, 6.07) is 0.553. The first kappa shape index (κ1) is 20.6. The SMILES string of the molecule is C=C(C)C(=O)OCCC(C[Si](OC)(OC)OC)C(C)(C)Cl. The fourth-order valence-electron chi connectivity index (χ4n) is 1.91. The summed E-state index contributed by atoms with van der Waals surface area (Å²) in [5.41, 5.74) is 0.381. The van der Waals surface area contributed by atoms with Crippen LogP contribution in [0.25, 0.3) is 0 Å². The number of rotatable bonds is 10. The Labute approximate surface area is 133 Å². The van der Waals surface area contributed by atoms with Gasteiger partial charge in [-0.2, -0.15) is 0 Å². The van der Waals surface area contributed by atoms with Crippen LogP contribution in [0.3, 0.4) is 0 Å². The summed E-state index contributed by atoms with van der Waals surface area (Å²) in [5.74, 6) is -0.376. The van der Waals surface area contributed by atoms with Gasteiger partial charge < -0.3 is 18.0 Å². The van der Waals surface area contributed by atoms with E-state index < -0.39 is 19.6 Å². The summed E-state index contributed by atoms with van der Waals surface area (Å²) in [4.78, 5) is 10.9. The molecule has 21 heavy (non-hydrogen) atoms. The van der Waals surface area contributed by atoms with Gasteiger partial charge in [-0.3, -0.25) is 0 Å². The number of alkyl halides is 1. The first-order valence-electron chi connectivity index (χ1n) is 6.79. The summed E-state index contributed by atoms with van der Waals surface area (Å²) >= 11 is 6.45. The third kappa shape index (κ3) is 6.93. The molecule has 0 spiro atoms. The van der Waals surface area contributed by atoms with Crippen molar-refractivity contribution in [1.82, 2.24) is 0 Å². The second-order valence-corrected chi connectivity index (χ2v) is 9.44. The smallest absolute Gasteiger partial charge is 0.462 e. The van der Waals surface area contributed by atoms with Gasteiger partial charge in [0.25, 0.3) is 0 Å². The predicted molar refractivity (Wildman–Crippen MR) is 85.4 cm³/mol. The lowest BCUT2D eigenvalue weighted by molar-refractivity contribution is -0.139. The molecule has 1 unspecified atom stereocenters. The van der Waals surface area contributed by atoms with Gasteiger partial charge in [0, 0.05) is 37.8 Å². The van der Waals surface area contributed by atoms with Crippen molar-refractivity contribution < 1.29 is 22.8 Å². The van der Waals surface area contributed by atoms with Crippen LogP contribution in [0.4, 0.5) is 0 Å². The van der Waals surface area contributed by atoms with E-state index in [0.717, 1.165) is 0 Å². The first-order chi connectivity index (χ1) is 9.61. The Morgan fingerprint density at radius 1 is 1.24 bits per heavy atom. The van der Waals surface area contributed by atoms with Crippen molar-refractivity contribution in [3.8, 4) is 0 Å². The molecule has 0 bridgehead atoms. The van der Waals surface area contributed by atoms with Crippen LogP contribution in [0.5, 0.6) is 0 Å². The molecule has 0 fully saturated rings. The normalized spacial score (nSPS) is 13.9. The molecule has 0 aliphatic heterocycles. The summed E-state index contributed by atoms with van der Waals surface area (Å²) < 4.78 is 21.5. The number of hydrogen-bond acceptors (Lipinski definition) is 5. The van der Waals surface area contributed by atoms with Crippen LogP contribution in [-0.2, 0) is 22.8 Å². The van der Waals surface area contributed by atoms with E-state index in [0.29, 0.717) is 18.0 Å². The minimum Gasteiger partial charge on any atom is -0.462 e. The second-order valence-electron chi connectivity index (χ2n) is 5.47. The number of carbonyl (C=O) groups is 1. The lowest BCUT2D eigenvalue weighted by atomic mass is 9.94. The zero-order chi connectivity index (χ0) is 16.7. The van der Waals surface area contributed by atoms with Crippen molar-refractivity contribution in [3.05, 3.63) is 12.2 Å². The lowest BCUT2D eigenvalue weighted by Gasteiger charge is -2.34. The molecular formula is C14H27ClO5Si. The van der Waals surface area contributed by atoms with E-state index in [1.807, 2.05) is 13.8 Å². The molecule has 0 N–H and O–H groups in total. The molecule has 0 aromatic heterocycles. The van der Waals surface area contributed by atoms with E-state index in [-0.39, 0.29) is 12.5 Å². The third-order valence-corrected chi connectivity index (χ3v) is 6.62. The van der Waals surface area contributed by atoms with Crippen molar-refractivity contribution in [2.75, 3.05) is 27.9 Å². The minimum atomic E-state index is -2.73. The van der Waals surface area contributed by atoms with Crippen LogP contribution in [0.2, 0.25) is 6.04 Å². The van der Waals surface area contributed by atoms with Gasteiger partial charge in [0.1, 0.15) is 0 Å². The molecule has 0 saturated heterocycles. The Morgan fingerprint density at radius 3 is 2.05 bits per heavy atom. The number of hydrogen-bond donors (Lipinski definition) is 0. The lowest BCUT2D eigenvalue weighted by Crippen LogP contribution is -2.47. The highest BCUT2D eigenvalue weighted by molar-refractivity contribution is 6.60. The largest absolute Gasteiger partial charge is 0.500 e. The first-order valence-corrected chi connectivity index (χ1v) is 9.10. The van der Waals surface area contributed by atoms with Crippen molar-refractivity contribution in [2.45, 2.75) is 38.1 Å². The molecule has 0 aromatic rings. The number of carbonyl (C=O) groups excluding carboxylic acids is 1. The third-order valence-electron chi connectivity index (χ3n) is 3.45. The van der Waals surface area contributed by atoms with Crippen LogP contribution in [-0.4, -0.2) is 47.6 Å². The van der Waals surface area contributed by atoms with Crippen LogP contribution in [0.15, 0.2) is 12.2 Å². The van der Waals surface area contributed by atoms with Crippen molar-refractivity contribution in [3.63, 3.8) is 0 Å². The monoisotopic (exact) mass is 338 g/mol. The van der Waals surface area contributed by atoms with Gasteiger partial charge in [0.05, 0.1) is 6.61 Å². The van der Waals surface area contributed by atoms with Gasteiger partial charge in [-0.15, -0.1) is 11.6 Å². The predicted octanol–water partition coefficient (Wildman–Crippen LogP) is 3.01. The Hall–Kier alpha value is -0.403. The molecule has 7 heteroatoms. The fourth-order valence-corrected chi connectivity index (χ4v) is 4.54. The van der Waals surface area contributed by atoms with E-state index in [1.165, 1.54) is 0 Å². The van der Waals surface area contributed by atoms with E-state index in [2.05, 4.69) is 6.58 Å². The summed E-state index contributed by atoms with van der Waals surface area (Å²) in [7, 11) is 1.97. The molecule has 0 radical (unpaired) electrons. The van der Waals surface area contributed by atoms with Crippen LogP contribution in [0.1, 0.15) is 27.2 Å². The Balaban J connectivity index is 4.75. The maximum absolute atomic E-state index is 11.4. The molecule has 0 saturated carbocycles. The number of halogens is 1. The van der Waals surface area contributed by atoms with E-state index in [1.54, 1.807) is 28.3 Å². The molecule has 0 aromatic carbocycles. The second kappa shape index (κ2) is 8.90. The number of esters is 1. The van der Waals surface area contributed by atoms with Gasteiger partial charge in [0.2, 0.25) is 0 Å². The molecular weight excluding hydrogens is 312 g/mol. The van der Waals surface area contributed by atoms with E-state index in [9.17, 15) is 4.79 Å². The molecule has 0 heterocycles. The molecule has 0 aliphatic rings. The Bertz CT molecular complexity index is 341. The van der Waals surface area contributed by atoms with Gasteiger partial charge in [0.15, 0.2) is 0 Å². The Kier molecular flexibility index (Phi) is 8.73. The van der Waals surface area contributed by atoms with Gasteiger partial charge in [-0.25, -0.2) is 4.79 Å². The summed E-state index contributed by atoms with van der Waals surface area (Å²) in [5, 5.41) is 0. The fraction of sp³-hybridized carbons (Fsp3) is 0.786. The van der Waals surface area contributed by atoms with Crippen LogP contribution in [0, 0.1) is 5.92 Å². The molecule has 124 valence electrons. The molecule has 0 rings (SSSR count). The summed E-state index contributed by atoms with van der Waals surface area (Å²) in [6.07, 6.45) is 0.598. The number of ether oxygens (including phenoxy) is 1. The highest BCUT2D eigenvalue weighted by Gasteiger charge is 2.44. The van der Waals surface area contributed by atoms with Crippen LogP contribution >= 0.6 is 11.6 Å². The standard InChI is InChI=1S/C14H27ClO5Si/c1-11(2)13(16)20-9-8-12(14(3,4)15)10-21(17-5,18-6)19-7/h12H,1,8-10H2,2-7H3. The van der Waals surface area contributed by atoms with Crippen molar-refractivity contribution in [1.29, 1.82) is 0 Å². The maximum atomic E-state index is 11.4. The zero-order valence-corrected chi connectivity index (χ0v) is 15.6. The topological polar surface area (TPSA) is 54.0 Å². The molecule has 0 aliphatic carbocycles. The maximum Gasteiger partial charge on any atom is 0.500 e. The van der Waals surface area contributed by atoms with E-state index in [4.69, 9.17) is 29.6 Å². The van der Waals surface area contributed by atoms with Gasteiger partial charge in [-0.1, -0.05) is 6.58 Å². The van der Waals surface area contributed by atoms with E-state index >= 15 is 0 Å². The zero-order valence-electron chi connectivity index (χ0n) is 13.8. The average molecular weight is 339 g/mol.